The molecule has 37 heavy (non-hydrogen) atoms. The van der Waals surface area contributed by atoms with Crippen molar-refractivity contribution in [2.45, 2.75) is 50.7 Å². The van der Waals surface area contributed by atoms with E-state index in [1.165, 1.54) is 39.9 Å². The summed E-state index contributed by atoms with van der Waals surface area (Å²) in [5, 5.41) is 21.2. The van der Waals surface area contributed by atoms with Crippen LogP contribution in [0.3, 0.4) is 0 Å². The fourth-order valence-electron chi connectivity index (χ4n) is 4.90. The zero-order valence-corrected chi connectivity index (χ0v) is 20.3. The number of nitrogens with zero attached hydrogens (tertiary/aromatic N) is 4. The topological polar surface area (TPSA) is 100 Å². The fourth-order valence-corrected chi connectivity index (χ4v) is 4.90. The van der Waals surface area contributed by atoms with Crippen LogP contribution in [0.15, 0.2) is 72.8 Å². The highest BCUT2D eigenvalue weighted by Crippen LogP contribution is 2.32. The van der Waals surface area contributed by atoms with E-state index in [1.54, 1.807) is 30.3 Å². The molecule has 190 valence electrons. The van der Waals surface area contributed by atoms with Crippen molar-refractivity contribution in [2.24, 2.45) is 0 Å². The van der Waals surface area contributed by atoms with E-state index in [9.17, 15) is 14.7 Å². The number of hydrogen-bond acceptors (Lipinski definition) is 5. The normalized spacial score (nSPS) is 14.8. The van der Waals surface area contributed by atoms with E-state index in [4.69, 9.17) is 0 Å². The van der Waals surface area contributed by atoms with Gasteiger partial charge in [0, 0.05) is 6.04 Å². The van der Waals surface area contributed by atoms with Gasteiger partial charge in [0.2, 0.25) is 11.8 Å². The number of nitrogens with one attached hydrogen (secondary N) is 1. The van der Waals surface area contributed by atoms with Gasteiger partial charge in [0.25, 0.3) is 0 Å². The lowest BCUT2D eigenvalue weighted by molar-refractivity contribution is -0.127. The molecule has 1 heterocycles. The number of aromatic nitrogens is 3. The van der Waals surface area contributed by atoms with E-state index in [0.29, 0.717) is 16.6 Å². The lowest BCUT2D eigenvalue weighted by Gasteiger charge is -2.33. The zero-order valence-electron chi connectivity index (χ0n) is 20.3. The van der Waals surface area contributed by atoms with Gasteiger partial charge in [0.15, 0.2) is 0 Å². The highest BCUT2D eigenvalue weighted by Gasteiger charge is 2.35. The maximum absolute atomic E-state index is 15.2. The molecular formula is C28H28FN5O3. The van der Waals surface area contributed by atoms with Crippen LogP contribution < -0.4 is 10.2 Å². The van der Waals surface area contributed by atoms with Gasteiger partial charge in [-0.2, -0.15) is 0 Å². The highest BCUT2D eigenvalue weighted by atomic mass is 19.1. The smallest absolute Gasteiger partial charge is 0.249 e. The van der Waals surface area contributed by atoms with Crippen LogP contribution in [0.5, 0.6) is 5.75 Å². The SMILES string of the molecule is O=C(NC1CCCCC1)C(c1ccc(O)cc1)N(C(=O)Cn1nnc2ccccc21)c1ccccc1F. The number of phenolic OH excluding ortho intramolecular Hbond substituents is 1. The molecule has 4 aromatic rings. The molecule has 0 radical (unpaired) electrons. The number of phenols is 1. The third kappa shape index (κ3) is 5.30. The monoisotopic (exact) mass is 501 g/mol. The molecule has 2 amide bonds. The van der Waals surface area contributed by atoms with Crippen molar-refractivity contribution in [3.05, 3.63) is 84.2 Å². The second-order valence-electron chi connectivity index (χ2n) is 9.29. The van der Waals surface area contributed by atoms with Gasteiger partial charge in [0.05, 0.1) is 11.2 Å². The van der Waals surface area contributed by atoms with Gasteiger partial charge < -0.3 is 10.4 Å². The summed E-state index contributed by atoms with van der Waals surface area (Å²) in [6, 6.07) is 18.0. The third-order valence-corrected chi connectivity index (χ3v) is 6.75. The summed E-state index contributed by atoms with van der Waals surface area (Å²) in [5.41, 5.74) is 1.70. The zero-order chi connectivity index (χ0) is 25.8. The van der Waals surface area contributed by atoms with E-state index in [-0.39, 0.29) is 24.0 Å². The fraction of sp³-hybridized carbons (Fsp3) is 0.286. The average molecular weight is 502 g/mol. The molecule has 8 nitrogen and oxygen atoms in total. The third-order valence-electron chi connectivity index (χ3n) is 6.75. The van der Waals surface area contributed by atoms with Crippen LogP contribution in [0.2, 0.25) is 0 Å². The first-order valence-electron chi connectivity index (χ1n) is 12.5. The summed E-state index contributed by atoms with van der Waals surface area (Å²) in [6.07, 6.45) is 4.87. The number of anilines is 1. The number of para-hydroxylation sites is 2. The molecule has 1 fully saturated rings. The molecular weight excluding hydrogens is 473 g/mol. The van der Waals surface area contributed by atoms with Crippen LogP contribution in [0.1, 0.15) is 43.7 Å². The standard InChI is InChI=1S/C28H28FN5O3/c29-22-10-4-6-12-24(22)34(26(36)18-33-25-13-7-5-11-23(25)31-32-33)27(19-14-16-21(35)17-15-19)28(37)30-20-8-2-1-3-9-20/h4-7,10-17,20,27,35H,1-3,8-9,18H2,(H,30,37). The summed E-state index contributed by atoms with van der Waals surface area (Å²) in [4.78, 5) is 28.9. The molecule has 0 aliphatic heterocycles. The predicted octanol–water partition coefficient (Wildman–Crippen LogP) is 4.50. The first-order chi connectivity index (χ1) is 18.0. The minimum atomic E-state index is -1.17. The van der Waals surface area contributed by atoms with Crippen molar-refractivity contribution in [2.75, 3.05) is 4.90 Å². The maximum atomic E-state index is 15.2. The number of benzene rings is 3. The Morgan fingerprint density at radius 3 is 2.46 bits per heavy atom. The highest BCUT2D eigenvalue weighted by molar-refractivity contribution is 6.01. The molecule has 1 aliphatic rings. The first kappa shape index (κ1) is 24.4. The van der Waals surface area contributed by atoms with Crippen LogP contribution in [-0.2, 0) is 16.1 Å². The Morgan fingerprint density at radius 2 is 1.70 bits per heavy atom. The summed E-state index contributed by atoms with van der Waals surface area (Å²) in [5.74, 6) is -1.54. The molecule has 9 heteroatoms. The van der Waals surface area contributed by atoms with Gasteiger partial charge in [-0.15, -0.1) is 5.10 Å². The lowest BCUT2D eigenvalue weighted by atomic mass is 9.94. The van der Waals surface area contributed by atoms with Crippen LogP contribution in [0.4, 0.5) is 10.1 Å². The van der Waals surface area contributed by atoms with E-state index in [1.807, 2.05) is 12.1 Å². The van der Waals surface area contributed by atoms with Crippen LogP contribution >= 0.6 is 0 Å². The van der Waals surface area contributed by atoms with Crippen LogP contribution in [0, 0.1) is 5.82 Å². The Labute approximate surface area is 213 Å². The Hall–Kier alpha value is -4.27. The van der Waals surface area contributed by atoms with E-state index >= 15 is 4.39 Å². The molecule has 0 spiro atoms. The van der Waals surface area contributed by atoms with Crippen LogP contribution in [0.25, 0.3) is 11.0 Å². The quantitative estimate of drug-likeness (QED) is 0.388. The number of carbonyl (C=O) groups excluding carboxylic acids is 2. The number of aromatic hydroxyl groups is 1. The van der Waals surface area contributed by atoms with E-state index < -0.39 is 23.7 Å². The predicted molar refractivity (Wildman–Crippen MR) is 137 cm³/mol. The Balaban J connectivity index is 1.57. The van der Waals surface area contributed by atoms with E-state index in [0.717, 1.165) is 32.1 Å². The van der Waals surface area contributed by atoms with Gasteiger partial charge in [-0.1, -0.05) is 60.9 Å². The van der Waals surface area contributed by atoms with Crippen molar-refractivity contribution in [3.63, 3.8) is 0 Å². The number of carbonyl (C=O) groups is 2. The second-order valence-corrected chi connectivity index (χ2v) is 9.29. The number of rotatable bonds is 7. The Morgan fingerprint density at radius 1 is 1.00 bits per heavy atom. The first-order valence-corrected chi connectivity index (χ1v) is 12.5. The molecule has 3 aromatic carbocycles. The molecule has 1 aromatic heterocycles. The van der Waals surface area contributed by atoms with Crippen molar-refractivity contribution < 1.29 is 19.1 Å². The van der Waals surface area contributed by atoms with Crippen molar-refractivity contribution in [1.29, 1.82) is 0 Å². The van der Waals surface area contributed by atoms with Gasteiger partial charge in [0.1, 0.15) is 29.7 Å². The summed E-state index contributed by atoms with van der Waals surface area (Å²) in [7, 11) is 0. The van der Waals surface area contributed by atoms with E-state index in [2.05, 4.69) is 15.6 Å². The molecule has 1 aliphatic carbocycles. The molecule has 2 N–H and O–H groups in total. The largest absolute Gasteiger partial charge is 0.508 e. The molecule has 0 bridgehead atoms. The number of fused-ring (bicyclic) bond motifs is 1. The van der Waals surface area contributed by atoms with Crippen LogP contribution in [-0.4, -0.2) is 38.0 Å². The number of halogens is 1. The second kappa shape index (κ2) is 10.8. The minimum absolute atomic E-state index is 0.0160. The minimum Gasteiger partial charge on any atom is -0.508 e. The summed E-state index contributed by atoms with van der Waals surface area (Å²) in [6.45, 7) is -0.250. The molecule has 0 saturated heterocycles. The summed E-state index contributed by atoms with van der Waals surface area (Å²) < 4.78 is 16.6. The van der Waals surface area contributed by atoms with Gasteiger partial charge in [-0.25, -0.2) is 9.07 Å². The van der Waals surface area contributed by atoms with Crippen molar-refractivity contribution in [1.82, 2.24) is 20.3 Å². The Bertz CT molecular complexity index is 1400. The molecule has 5 rings (SSSR count). The molecule has 1 unspecified atom stereocenters. The number of amides is 2. The lowest BCUT2D eigenvalue weighted by Crippen LogP contribution is -2.48. The molecule has 1 saturated carbocycles. The average Bonchev–Trinajstić information content (AvgIpc) is 3.31. The number of hydrogen-bond donors (Lipinski definition) is 2. The van der Waals surface area contributed by atoms with Gasteiger partial charge >= 0.3 is 0 Å². The summed E-state index contributed by atoms with van der Waals surface area (Å²) >= 11 is 0. The Kier molecular flexibility index (Phi) is 7.11. The van der Waals surface area contributed by atoms with Gasteiger partial charge in [-0.05, 0) is 54.8 Å². The van der Waals surface area contributed by atoms with Gasteiger partial charge in [-0.3, -0.25) is 14.5 Å². The van der Waals surface area contributed by atoms with Crippen molar-refractivity contribution >= 4 is 28.5 Å². The van der Waals surface area contributed by atoms with Crippen molar-refractivity contribution in [3.8, 4) is 5.75 Å². The molecule has 1 atom stereocenters. The maximum Gasteiger partial charge on any atom is 0.249 e.